The van der Waals surface area contributed by atoms with Crippen LogP contribution in [0.4, 0.5) is 3.89 Å². The number of fused-ring (bicyclic) bond motifs is 2. The monoisotopic (exact) mass is 178 g/mol. The fourth-order valence-corrected chi connectivity index (χ4v) is 3.74. The molecule has 2 rings (SSSR count). The minimum Gasteiger partial charge on any atom is -0.195 e. The zero-order valence-electron chi connectivity index (χ0n) is 6.16. The molecule has 2 bridgehead atoms. The van der Waals surface area contributed by atoms with Crippen LogP contribution in [0.15, 0.2) is 0 Å². The van der Waals surface area contributed by atoms with Gasteiger partial charge in [0, 0.05) is 0 Å². The first-order chi connectivity index (χ1) is 5.07. The third-order valence-corrected chi connectivity index (χ3v) is 4.34. The standard InChI is InChI=1S/C7H11FO2S/c8-11(9,10)7-4-5-1-2-6(7)3-5/h5-7H,1-4H2/t5-,6+,7?/m0/s1. The van der Waals surface area contributed by atoms with Crippen LogP contribution in [-0.4, -0.2) is 13.7 Å². The van der Waals surface area contributed by atoms with E-state index in [2.05, 4.69) is 0 Å². The third kappa shape index (κ3) is 1.17. The van der Waals surface area contributed by atoms with Gasteiger partial charge in [-0.15, -0.1) is 3.89 Å². The van der Waals surface area contributed by atoms with E-state index in [0.717, 1.165) is 19.3 Å². The Bertz CT molecular complexity index is 260. The maximum absolute atomic E-state index is 12.5. The molecule has 64 valence electrons. The van der Waals surface area contributed by atoms with E-state index in [1.165, 1.54) is 0 Å². The van der Waals surface area contributed by atoms with Gasteiger partial charge < -0.3 is 0 Å². The molecule has 0 aromatic heterocycles. The molecule has 0 radical (unpaired) electrons. The van der Waals surface area contributed by atoms with Crippen molar-refractivity contribution in [2.75, 3.05) is 0 Å². The van der Waals surface area contributed by atoms with E-state index in [1.807, 2.05) is 0 Å². The lowest BCUT2D eigenvalue weighted by Crippen LogP contribution is -2.23. The average molecular weight is 178 g/mol. The molecule has 1 unspecified atom stereocenters. The summed E-state index contributed by atoms with van der Waals surface area (Å²) in [5.74, 6) is 0.630. The second-order valence-corrected chi connectivity index (χ2v) is 5.25. The van der Waals surface area contributed by atoms with Crippen molar-refractivity contribution < 1.29 is 12.3 Å². The fourth-order valence-electron chi connectivity index (χ4n) is 2.53. The topological polar surface area (TPSA) is 34.1 Å². The van der Waals surface area contributed by atoms with Gasteiger partial charge in [-0.3, -0.25) is 0 Å². The smallest absolute Gasteiger partial charge is 0.195 e. The Kier molecular flexibility index (Phi) is 1.50. The molecule has 0 heterocycles. The van der Waals surface area contributed by atoms with Crippen LogP contribution >= 0.6 is 0 Å². The van der Waals surface area contributed by atoms with Crippen LogP contribution in [0.25, 0.3) is 0 Å². The van der Waals surface area contributed by atoms with E-state index in [9.17, 15) is 12.3 Å². The first-order valence-corrected chi connectivity index (χ1v) is 5.45. The largest absolute Gasteiger partial charge is 0.305 e. The molecule has 2 fully saturated rings. The van der Waals surface area contributed by atoms with Crippen LogP contribution < -0.4 is 0 Å². The highest BCUT2D eigenvalue weighted by atomic mass is 32.3. The number of hydrogen-bond donors (Lipinski definition) is 0. The molecule has 0 aromatic rings. The lowest BCUT2D eigenvalue weighted by atomic mass is 10.0. The maximum Gasteiger partial charge on any atom is 0.305 e. The highest BCUT2D eigenvalue weighted by Crippen LogP contribution is 2.47. The second-order valence-electron chi connectivity index (χ2n) is 3.69. The van der Waals surface area contributed by atoms with E-state index >= 15 is 0 Å². The molecule has 2 saturated carbocycles. The molecular weight excluding hydrogens is 167 g/mol. The van der Waals surface area contributed by atoms with Crippen LogP contribution in [0.1, 0.15) is 25.7 Å². The van der Waals surface area contributed by atoms with Crippen LogP contribution in [0, 0.1) is 11.8 Å². The summed E-state index contributed by atoms with van der Waals surface area (Å²) in [6, 6.07) is 0. The highest BCUT2D eigenvalue weighted by Gasteiger charge is 2.46. The van der Waals surface area contributed by atoms with Crippen LogP contribution in [0.3, 0.4) is 0 Å². The highest BCUT2D eigenvalue weighted by molar-refractivity contribution is 7.87. The van der Waals surface area contributed by atoms with E-state index in [0.29, 0.717) is 12.3 Å². The van der Waals surface area contributed by atoms with E-state index < -0.39 is 15.5 Å². The van der Waals surface area contributed by atoms with Crippen molar-refractivity contribution in [2.24, 2.45) is 11.8 Å². The van der Waals surface area contributed by atoms with E-state index in [-0.39, 0.29) is 5.92 Å². The van der Waals surface area contributed by atoms with Gasteiger partial charge in [0.1, 0.15) is 0 Å². The number of hydrogen-bond acceptors (Lipinski definition) is 2. The molecule has 0 amide bonds. The first-order valence-electron chi connectivity index (χ1n) is 4.01. The Morgan fingerprint density at radius 1 is 1.18 bits per heavy atom. The van der Waals surface area contributed by atoms with Gasteiger partial charge in [0.05, 0.1) is 5.25 Å². The molecule has 11 heavy (non-hydrogen) atoms. The van der Waals surface area contributed by atoms with Crippen molar-refractivity contribution in [3.8, 4) is 0 Å². The predicted molar refractivity (Wildman–Crippen MR) is 39.3 cm³/mol. The van der Waals surface area contributed by atoms with Crippen LogP contribution in [0.5, 0.6) is 0 Å². The summed E-state index contributed by atoms with van der Waals surface area (Å²) in [7, 11) is -4.23. The molecule has 0 aliphatic heterocycles. The molecule has 4 heteroatoms. The van der Waals surface area contributed by atoms with Gasteiger partial charge in [-0.2, -0.15) is 8.42 Å². The maximum atomic E-state index is 12.5. The summed E-state index contributed by atoms with van der Waals surface area (Å²) >= 11 is 0. The summed E-state index contributed by atoms with van der Waals surface area (Å²) in [6.45, 7) is 0. The average Bonchev–Trinajstić information content (AvgIpc) is 2.42. The van der Waals surface area contributed by atoms with Gasteiger partial charge >= 0.3 is 10.2 Å². The summed E-state index contributed by atoms with van der Waals surface area (Å²) < 4.78 is 33.6. The minimum absolute atomic E-state index is 0.134. The van der Waals surface area contributed by atoms with Crippen molar-refractivity contribution in [1.29, 1.82) is 0 Å². The summed E-state index contributed by atoms with van der Waals surface area (Å²) in [4.78, 5) is 0. The number of halogens is 1. The molecule has 2 aliphatic rings. The molecule has 0 saturated heterocycles. The van der Waals surface area contributed by atoms with Crippen LogP contribution in [-0.2, 0) is 10.2 Å². The molecule has 2 aliphatic carbocycles. The van der Waals surface area contributed by atoms with Crippen molar-refractivity contribution >= 4 is 10.2 Å². The van der Waals surface area contributed by atoms with Gasteiger partial charge in [0.25, 0.3) is 0 Å². The molecule has 0 aromatic carbocycles. The van der Waals surface area contributed by atoms with Gasteiger partial charge in [-0.05, 0) is 31.1 Å². The lowest BCUT2D eigenvalue weighted by Gasteiger charge is -2.16. The summed E-state index contributed by atoms with van der Waals surface area (Å²) in [6.07, 6.45) is 3.53. The Hall–Kier alpha value is -0.120. The van der Waals surface area contributed by atoms with Crippen molar-refractivity contribution in [1.82, 2.24) is 0 Å². The normalized spacial score (nSPS) is 43.2. The fraction of sp³-hybridized carbons (Fsp3) is 1.00. The van der Waals surface area contributed by atoms with Gasteiger partial charge in [0.2, 0.25) is 0 Å². The molecule has 3 atom stereocenters. The first kappa shape index (κ1) is 7.53. The van der Waals surface area contributed by atoms with E-state index in [1.54, 1.807) is 0 Å². The second kappa shape index (κ2) is 2.19. The third-order valence-electron chi connectivity index (χ3n) is 3.03. The Balaban J connectivity index is 2.21. The SMILES string of the molecule is O=S(=O)(F)C1C[C@H]2CC[C@@H]1C2. The van der Waals surface area contributed by atoms with Crippen LogP contribution in [0.2, 0.25) is 0 Å². The Morgan fingerprint density at radius 3 is 2.18 bits per heavy atom. The molecular formula is C7H11FO2S. The molecule has 0 spiro atoms. The summed E-state index contributed by atoms with van der Waals surface area (Å²) in [5.41, 5.74) is 0. The van der Waals surface area contributed by atoms with E-state index in [4.69, 9.17) is 0 Å². The van der Waals surface area contributed by atoms with Crippen molar-refractivity contribution in [2.45, 2.75) is 30.9 Å². The van der Waals surface area contributed by atoms with Crippen molar-refractivity contribution in [3.05, 3.63) is 0 Å². The van der Waals surface area contributed by atoms with Gasteiger partial charge in [-0.25, -0.2) is 0 Å². The minimum atomic E-state index is -4.23. The van der Waals surface area contributed by atoms with Gasteiger partial charge in [0.15, 0.2) is 0 Å². The quantitative estimate of drug-likeness (QED) is 0.570. The zero-order valence-corrected chi connectivity index (χ0v) is 6.98. The van der Waals surface area contributed by atoms with Gasteiger partial charge in [-0.1, -0.05) is 6.42 Å². The zero-order chi connectivity index (χ0) is 8.06. The molecule has 0 N–H and O–H groups in total. The summed E-state index contributed by atoms with van der Waals surface area (Å²) in [5, 5.41) is -0.652. The predicted octanol–water partition coefficient (Wildman–Crippen LogP) is 1.47. The number of rotatable bonds is 1. The lowest BCUT2D eigenvalue weighted by molar-refractivity contribution is 0.446. The Labute approximate surface area is 66.0 Å². The Morgan fingerprint density at radius 2 is 1.91 bits per heavy atom. The van der Waals surface area contributed by atoms with Crippen molar-refractivity contribution in [3.63, 3.8) is 0 Å². The molecule has 2 nitrogen and oxygen atoms in total.